The Kier molecular flexibility index (Phi) is 3.62. The Labute approximate surface area is 131 Å². The molecule has 0 aliphatic carbocycles. The average molecular weight is 297 g/mol. The van der Waals surface area contributed by atoms with Crippen LogP contribution in [0.1, 0.15) is 36.2 Å². The fourth-order valence-electron chi connectivity index (χ4n) is 3.90. The van der Waals surface area contributed by atoms with E-state index in [9.17, 15) is 4.79 Å². The lowest BCUT2D eigenvalue weighted by Gasteiger charge is -2.37. The van der Waals surface area contributed by atoms with Gasteiger partial charge in [0.05, 0.1) is 0 Å². The Hall–Kier alpha value is -1.81. The van der Waals surface area contributed by atoms with E-state index < -0.39 is 0 Å². The number of piperidine rings is 1. The molecule has 4 nitrogen and oxygen atoms in total. The molecule has 0 radical (unpaired) electrons. The van der Waals surface area contributed by atoms with Crippen molar-refractivity contribution in [1.82, 2.24) is 14.8 Å². The van der Waals surface area contributed by atoms with Gasteiger partial charge in [-0.05, 0) is 50.9 Å². The number of benzene rings is 1. The first kappa shape index (κ1) is 13.8. The van der Waals surface area contributed by atoms with E-state index >= 15 is 0 Å². The molecule has 4 heteroatoms. The van der Waals surface area contributed by atoms with Crippen LogP contribution in [0, 0.1) is 0 Å². The maximum absolute atomic E-state index is 12.8. The minimum Gasteiger partial charge on any atom is -0.351 e. The molecule has 4 rings (SSSR count). The van der Waals surface area contributed by atoms with Crippen LogP contribution >= 0.6 is 0 Å². The third-order valence-corrected chi connectivity index (χ3v) is 5.10. The number of hydrogen-bond acceptors (Lipinski definition) is 2. The highest BCUT2D eigenvalue weighted by Crippen LogP contribution is 2.22. The van der Waals surface area contributed by atoms with Crippen molar-refractivity contribution >= 4 is 16.8 Å². The van der Waals surface area contributed by atoms with E-state index in [1.54, 1.807) is 0 Å². The molecule has 1 atom stereocenters. The van der Waals surface area contributed by atoms with E-state index in [1.165, 1.54) is 32.4 Å². The van der Waals surface area contributed by atoms with Gasteiger partial charge in [-0.25, -0.2) is 0 Å². The van der Waals surface area contributed by atoms with Gasteiger partial charge in [0, 0.05) is 30.0 Å². The second-order valence-electron chi connectivity index (χ2n) is 6.56. The van der Waals surface area contributed by atoms with Gasteiger partial charge < -0.3 is 9.88 Å². The number of para-hydroxylation sites is 1. The molecule has 1 amide bonds. The van der Waals surface area contributed by atoms with Crippen LogP contribution in [0.3, 0.4) is 0 Å². The molecule has 2 aromatic rings. The molecule has 1 aromatic heterocycles. The van der Waals surface area contributed by atoms with Crippen molar-refractivity contribution in [2.75, 3.05) is 26.2 Å². The largest absolute Gasteiger partial charge is 0.351 e. The first-order valence-electron chi connectivity index (χ1n) is 8.42. The summed E-state index contributed by atoms with van der Waals surface area (Å²) < 4.78 is 0. The van der Waals surface area contributed by atoms with E-state index in [2.05, 4.69) is 9.88 Å². The van der Waals surface area contributed by atoms with Crippen molar-refractivity contribution in [1.29, 1.82) is 0 Å². The Morgan fingerprint density at radius 2 is 1.91 bits per heavy atom. The van der Waals surface area contributed by atoms with Crippen LogP contribution in [0.15, 0.2) is 30.3 Å². The number of carbonyl (C=O) groups excluding carboxylic acids is 1. The number of nitrogens with zero attached hydrogens (tertiary/aromatic N) is 2. The first-order chi connectivity index (χ1) is 10.8. The highest BCUT2D eigenvalue weighted by atomic mass is 16.2. The lowest BCUT2D eigenvalue weighted by molar-refractivity contribution is 0.0603. The highest BCUT2D eigenvalue weighted by molar-refractivity contribution is 5.98. The normalized spacial score (nSPS) is 23.3. The van der Waals surface area contributed by atoms with E-state index in [0.717, 1.165) is 36.1 Å². The van der Waals surface area contributed by atoms with E-state index in [1.807, 2.05) is 35.2 Å². The molecule has 2 fully saturated rings. The SMILES string of the molecule is O=C(c1cc2ccccc2[nH]1)N1CCC[C@@H](N2CCCC2)C1. The Balaban J connectivity index is 1.51. The third-order valence-electron chi connectivity index (χ3n) is 5.10. The lowest BCUT2D eigenvalue weighted by atomic mass is 10.0. The average Bonchev–Trinajstić information content (AvgIpc) is 3.23. The molecule has 0 spiro atoms. The summed E-state index contributed by atoms with van der Waals surface area (Å²) in [5, 5.41) is 1.11. The van der Waals surface area contributed by atoms with Crippen LogP contribution < -0.4 is 0 Å². The van der Waals surface area contributed by atoms with Gasteiger partial charge in [0.2, 0.25) is 0 Å². The number of aromatic amines is 1. The molecule has 0 saturated carbocycles. The summed E-state index contributed by atoms with van der Waals surface area (Å²) in [5.74, 6) is 0.153. The molecule has 116 valence electrons. The number of carbonyl (C=O) groups is 1. The number of aromatic nitrogens is 1. The van der Waals surface area contributed by atoms with E-state index in [0.29, 0.717) is 6.04 Å². The molecule has 3 heterocycles. The molecule has 2 saturated heterocycles. The Morgan fingerprint density at radius 1 is 1.09 bits per heavy atom. The third kappa shape index (κ3) is 2.52. The van der Waals surface area contributed by atoms with Crippen molar-refractivity contribution in [3.63, 3.8) is 0 Å². The number of H-pyrrole nitrogens is 1. The topological polar surface area (TPSA) is 39.3 Å². The quantitative estimate of drug-likeness (QED) is 0.926. The molecule has 0 unspecified atom stereocenters. The second kappa shape index (κ2) is 5.76. The summed E-state index contributed by atoms with van der Waals surface area (Å²) in [6, 6.07) is 10.6. The van der Waals surface area contributed by atoms with Crippen LogP contribution in [0.25, 0.3) is 10.9 Å². The van der Waals surface area contributed by atoms with Crippen molar-refractivity contribution < 1.29 is 4.79 Å². The minimum atomic E-state index is 0.153. The molecule has 2 aliphatic heterocycles. The summed E-state index contributed by atoms with van der Waals surface area (Å²) in [4.78, 5) is 20.7. The van der Waals surface area contributed by atoms with Crippen LogP contribution in [-0.4, -0.2) is 52.9 Å². The molecule has 0 bridgehead atoms. The minimum absolute atomic E-state index is 0.153. The van der Waals surface area contributed by atoms with Crippen LogP contribution in [-0.2, 0) is 0 Å². The zero-order valence-electron chi connectivity index (χ0n) is 12.9. The van der Waals surface area contributed by atoms with Gasteiger partial charge in [-0.2, -0.15) is 0 Å². The van der Waals surface area contributed by atoms with Gasteiger partial charge >= 0.3 is 0 Å². The number of rotatable bonds is 2. The molecule has 22 heavy (non-hydrogen) atoms. The summed E-state index contributed by atoms with van der Waals surface area (Å²) in [7, 11) is 0. The molecule has 2 aliphatic rings. The van der Waals surface area contributed by atoms with Crippen molar-refractivity contribution in [3.05, 3.63) is 36.0 Å². The van der Waals surface area contributed by atoms with Gasteiger partial charge in [-0.1, -0.05) is 18.2 Å². The summed E-state index contributed by atoms with van der Waals surface area (Å²) in [5.41, 5.74) is 1.77. The smallest absolute Gasteiger partial charge is 0.270 e. The fourth-order valence-corrected chi connectivity index (χ4v) is 3.90. The monoisotopic (exact) mass is 297 g/mol. The Bertz CT molecular complexity index is 639. The summed E-state index contributed by atoms with van der Waals surface area (Å²) in [6.07, 6.45) is 4.97. The van der Waals surface area contributed by atoms with Crippen LogP contribution in [0.4, 0.5) is 0 Å². The predicted molar refractivity (Wildman–Crippen MR) is 88.0 cm³/mol. The molecule has 1 N–H and O–H groups in total. The van der Waals surface area contributed by atoms with Crippen molar-refractivity contribution in [3.8, 4) is 0 Å². The number of likely N-dealkylation sites (tertiary alicyclic amines) is 2. The number of nitrogens with one attached hydrogen (secondary N) is 1. The second-order valence-corrected chi connectivity index (χ2v) is 6.56. The van der Waals surface area contributed by atoms with Crippen molar-refractivity contribution in [2.45, 2.75) is 31.7 Å². The highest BCUT2D eigenvalue weighted by Gasteiger charge is 2.30. The first-order valence-corrected chi connectivity index (χ1v) is 8.42. The maximum Gasteiger partial charge on any atom is 0.270 e. The van der Waals surface area contributed by atoms with E-state index in [4.69, 9.17) is 0 Å². The van der Waals surface area contributed by atoms with E-state index in [-0.39, 0.29) is 5.91 Å². The Morgan fingerprint density at radius 3 is 2.73 bits per heavy atom. The summed E-state index contributed by atoms with van der Waals surface area (Å²) in [6.45, 7) is 4.19. The number of amides is 1. The molecular formula is C18H23N3O. The van der Waals surface area contributed by atoms with Gasteiger partial charge in [-0.3, -0.25) is 9.69 Å². The fraction of sp³-hybridized carbons (Fsp3) is 0.500. The zero-order chi connectivity index (χ0) is 14.9. The van der Waals surface area contributed by atoms with Crippen molar-refractivity contribution in [2.24, 2.45) is 0 Å². The number of hydrogen-bond donors (Lipinski definition) is 1. The van der Waals surface area contributed by atoms with Gasteiger partial charge in [0.15, 0.2) is 0 Å². The molecule has 1 aromatic carbocycles. The van der Waals surface area contributed by atoms with Gasteiger partial charge in [0.1, 0.15) is 5.69 Å². The van der Waals surface area contributed by atoms with Crippen LogP contribution in [0.2, 0.25) is 0 Å². The standard InChI is InChI=1S/C18H23N3O/c22-18(17-12-14-6-1-2-8-16(14)19-17)21-11-5-7-15(13-21)20-9-3-4-10-20/h1-2,6,8,12,15,19H,3-5,7,9-11,13H2/t15-/m1/s1. The van der Waals surface area contributed by atoms with Crippen LogP contribution in [0.5, 0.6) is 0 Å². The maximum atomic E-state index is 12.8. The zero-order valence-corrected chi connectivity index (χ0v) is 12.9. The number of fused-ring (bicyclic) bond motifs is 1. The summed E-state index contributed by atoms with van der Waals surface area (Å²) >= 11 is 0. The van der Waals surface area contributed by atoms with Gasteiger partial charge in [0.25, 0.3) is 5.91 Å². The molecular weight excluding hydrogens is 274 g/mol. The van der Waals surface area contributed by atoms with Gasteiger partial charge in [-0.15, -0.1) is 0 Å². The predicted octanol–water partition coefficient (Wildman–Crippen LogP) is 2.87. The lowest BCUT2D eigenvalue weighted by Crippen LogP contribution is -2.49.